The van der Waals surface area contributed by atoms with Crippen LogP contribution in [0, 0.1) is 0 Å². The zero-order valence-electron chi connectivity index (χ0n) is 8.36. The molecule has 0 aliphatic rings. The number of nitrogens with two attached hydrogens (primary N) is 2. The summed E-state index contributed by atoms with van der Waals surface area (Å²) in [5.41, 5.74) is 9.54. The van der Waals surface area contributed by atoms with Crippen LogP contribution >= 0.6 is 0 Å². The van der Waals surface area contributed by atoms with Crippen LogP contribution in [0.25, 0.3) is 0 Å². The molecule has 14 heavy (non-hydrogen) atoms. The lowest BCUT2D eigenvalue weighted by atomic mass is 10.3. The Labute approximate surface area is 83.4 Å². The van der Waals surface area contributed by atoms with Gasteiger partial charge in [-0.15, -0.1) is 0 Å². The maximum absolute atomic E-state index is 5.43. The van der Waals surface area contributed by atoms with Crippen LogP contribution in [-0.2, 0) is 0 Å². The Morgan fingerprint density at radius 3 is 2.71 bits per heavy atom. The molecule has 0 heterocycles. The van der Waals surface area contributed by atoms with E-state index in [1.165, 1.54) is 0 Å². The Morgan fingerprint density at radius 1 is 1.43 bits per heavy atom. The quantitative estimate of drug-likeness (QED) is 0.270. The molecule has 5 N–H and O–H groups in total. The van der Waals surface area contributed by atoms with E-state index in [1.54, 1.807) is 0 Å². The van der Waals surface area contributed by atoms with Crippen LogP contribution < -0.4 is 21.9 Å². The van der Waals surface area contributed by atoms with E-state index in [9.17, 15) is 0 Å². The molecule has 5 heteroatoms. The van der Waals surface area contributed by atoms with E-state index in [2.05, 4.69) is 10.4 Å². The topological polar surface area (TPSA) is 79.7 Å². The highest BCUT2D eigenvalue weighted by atomic mass is 15.3. The SMILES string of the molecule is CN(C)c1cccc(N=C(N)NN)c1. The van der Waals surface area contributed by atoms with Crippen molar-refractivity contribution in [2.45, 2.75) is 0 Å². The fourth-order valence-electron chi connectivity index (χ4n) is 1.01. The third-order valence-corrected chi connectivity index (χ3v) is 1.74. The van der Waals surface area contributed by atoms with Crippen molar-refractivity contribution in [1.29, 1.82) is 0 Å². The molecule has 0 radical (unpaired) electrons. The Kier molecular flexibility index (Phi) is 3.30. The standard InChI is InChI=1S/C9H15N5/c1-14(2)8-5-3-4-7(6-8)12-9(10)13-11/h3-6H,11H2,1-2H3,(H3,10,12,13). The third kappa shape index (κ3) is 2.63. The summed E-state index contributed by atoms with van der Waals surface area (Å²) >= 11 is 0. The molecular formula is C9H15N5. The van der Waals surface area contributed by atoms with Gasteiger partial charge in [-0.05, 0) is 18.2 Å². The number of hydrazine groups is 1. The first-order chi connectivity index (χ1) is 6.63. The average Bonchev–Trinajstić information content (AvgIpc) is 2.18. The minimum absolute atomic E-state index is 0.195. The van der Waals surface area contributed by atoms with Gasteiger partial charge in [-0.2, -0.15) is 0 Å². The van der Waals surface area contributed by atoms with Gasteiger partial charge >= 0.3 is 0 Å². The minimum Gasteiger partial charge on any atom is -0.378 e. The van der Waals surface area contributed by atoms with Crippen molar-refractivity contribution in [3.8, 4) is 0 Å². The highest BCUT2D eigenvalue weighted by Crippen LogP contribution is 2.19. The van der Waals surface area contributed by atoms with E-state index < -0.39 is 0 Å². The summed E-state index contributed by atoms with van der Waals surface area (Å²) in [7, 11) is 3.93. The molecule has 1 aromatic rings. The number of nitrogens with one attached hydrogen (secondary N) is 1. The molecule has 5 nitrogen and oxygen atoms in total. The molecule has 0 saturated carbocycles. The average molecular weight is 193 g/mol. The molecule has 1 rings (SSSR count). The zero-order valence-corrected chi connectivity index (χ0v) is 8.36. The molecule has 0 fully saturated rings. The Morgan fingerprint density at radius 2 is 2.14 bits per heavy atom. The van der Waals surface area contributed by atoms with Crippen molar-refractivity contribution in [2.75, 3.05) is 19.0 Å². The first kappa shape index (κ1) is 10.3. The smallest absolute Gasteiger partial charge is 0.208 e. The van der Waals surface area contributed by atoms with Crippen LogP contribution in [-0.4, -0.2) is 20.1 Å². The lowest BCUT2D eigenvalue weighted by Crippen LogP contribution is -2.36. The lowest BCUT2D eigenvalue weighted by molar-refractivity contribution is 1.01. The Balaban J connectivity index is 2.94. The summed E-state index contributed by atoms with van der Waals surface area (Å²) < 4.78 is 0. The van der Waals surface area contributed by atoms with Gasteiger partial charge in [-0.3, -0.25) is 5.43 Å². The molecule has 0 unspecified atom stereocenters. The molecule has 1 aromatic carbocycles. The number of aliphatic imine (C=N–C) groups is 1. The van der Waals surface area contributed by atoms with E-state index in [1.807, 2.05) is 43.3 Å². The summed E-state index contributed by atoms with van der Waals surface area (Å²) in [4.78, 5) is 6.04. The molecule has 0 atom stereocenters. The second-order valence-corrected chi connectivity index (χ2v) is 3.06. The van der Waals surface area contributed by atoms with Crippen LogP contribution in [0.4, 0.5) is 11.4 Å². The Bertz CT molecular complexity index is 332. The van der Waals surface area contributed by atoms with E-state index in [0.29, 0.717) is 0 Å². The van der Waals surface area contributed by atoms with Crippen molar-refractivity contribution in [1.82, 2.24) is 5.43 Å². The summed E-state index contributed by atoms with van der Waals surface area (Å²) in [6.45, 7) is 0. The van der Waals surface area contributed by atoms with Crippen LogP contribution in [0.1, 0.15) is 0 Å². The number of hydrogen-bond acceptors (Lipinski definition) is 3. The first-order valence-electron chi connectivity index (χ1n) is 4.21. The van der Waals surface area contributed by atoms with Gasteiger partial charge in [0, 0.05) is 19.8 Å². The van der Waals surface area contributed by atoms with Crippen LogP contribution in [0.3, 0.4) is 0 Å². The third-order valence-electron chi connectivity index (χ3n) is 1.74. The predicted octanol–water partition coefficient (Wildman–Crippen LogP) is 0.162. The van der Waals surface area contributed by atoms with Gasteiger partial charge in [0.2, 0.25) is 5.96 Å². The van der Waals surface area contributed by atoms with Gasteiger partial charge < -0.3 is 10.6 Å². The van der Waals surface area contributed by atoms with E-state index in [-0.39, 0.29) is 5.96 Å². The fourth-order valence-corrected chi connectivity index (χ4v) is 1.01. The number of nitrogens with zero attached hydrogens (tertiary/aromatic N) is 2. The van der Waals surface area contributed by atoms with E-state index in [4.69, 9.17) is 11.6 Å². The number of benzene rings is 1. The fraction of sp³-hybridized carbons (Fsp3) is 0.222. The molecule has 0 aliphatic carbocycles. The van der Waals surface area contributed by atoms with Gasteiger partial charge in [-0.1, -0.05) is 6.07 Å². The maximum atomic E-state index is 5.43. The van der Waals surface area contributed by atoms with Crippen molar-refractivity contribution in [3.05, 3.63) is 24.3 Å². The second kappa shape index (κ2) is 4.48. The van der Waals surface area contributed by atoms with Crippen molar-refractivity contribution < 1.29 is 0 Å². The van der Waals surface area contributed by atoms with Gasteiger partial charge in [0.05, 0.1) is 5.69 Å². The molecular weight excluding hydrogens is 178 g/mol. The first-order valence-corrected chi connectivity index (χ1v) is 4.21. The second-order valence-electron chi connectivity index (χ2n) is 3.06. The van der Waals surface area contributed by atoms with Crippen LogP contribution in [0.15, 0.2) is 29.3 Å². The van der Waals surface area contributed by atoms with Gasteiger partial charge in [0.15, 0.2) is 0 Å². The van der Waals surface area contributed by atoms with Crippen LogP contribution in [0.2, 0.25) is 0 Å². The van der Waals surface area contributed by atoms with E-state index >= 15 is 0 Å². The number of hydrogen-bond donors (Lipinski definition) is 3. The van der Waals surface area contributed by atoms with Gasteiger partial charge in [-0.25, -0.2) is 10.8 Å². The number of anilines is 1. The van der Waals surface area contributed by atoms with Crippen molar-refractivity contribution in [2.24, 2.45) is 16.6 Å². The summed E-state index contributed by atoms with van der Waals surface area (Å²) in [5, 5.41) is 0. The highest BCUT2D eigenvalue weighted by Gasteiger charge is 1.96. The molecule has 0 amide bonds. The molecule has 0 aromatic heterocycles. The highest BCUT2D eigenvalue weighted by molar-refractivity contribution is 5.80. The summed E-state index contributed by atoms with van der Waals surface area (Å²) in [6, 6.07) is 7.68. The molecule has 76 valence electrons. The van der Waals surface area contributed by atoms with Gasteiger partial charge in [0.1, 0.15) is 0 Å². The largest absolute Gasteiger partial charge is 0.378 e. The summed E-state index contributed by atoms with van der Waals surface area (Å²) in [6.07, 6.45) is 0. The summed E-state index contributed by atoms with van der Waals surface area (Å²) in [5.74, 6) is 5.30. The molecule has 0 aliphatic heterocycles. The molecule has 0 bridgehead atoms. The van der Waals surface area contributed by atoms with Crippen LogP contribution in [0.5, 0.6) is 0 Å². The normalized spacial score (nSPS) is 11.2. The van der Waals surface area contributed by atoms with Crippen molar-refractivity contribution >= 4 is 17.3 Å². The minimum atomic E-state index is 0.195. The predicted molar refractivity (Wildman–Crippen MR) is 59.4 cm³/mol. The van der Waals surface area contributed by atoms with E-state index in [0.717, 1.165) is 11.4 Å². The van der Waals surface area contributed by atoms with Gasteiger partial charge in [0.25, 0.3) is 0 Å². The maximum Gasteiger partial charge on any atom is 0.208 e. The monoisotopic (exact) mass is 193 g/mol. The number of guanidine groups is 1. The molecule has 0 spiro atoms. The zero-order chi connectivity index (χ0) is 10.6. The van der Waals surface area contributed by atoms with Crippen molar-refractivity contribution in [3.63, 3.8) is 0 Å². The Hall–Kier alpha value is -1.75. The lowest BCUT2D eigenvalue weighted by Gasteiger charge is -2.12. The molecule has 0 saturated heterocycles. The number of rotatable bonds is 2.